The summed E-state index contributed by atoms with van der Waals surface area (Å²) in [4.78, 5) is 12.9. The first-order valence-electron chi connectivity index (χ1n) is 26.3. The third-order valence-electron chi connectivity index (χ3n) is 13.3. The van der Waals surface area contributed by atoms with Gasteiger partial charge in [-0.1, -0.05) is 200 Å². The van der Waals surface area contributed by atoms with E-state index < -0.39 is 86.8 Å². The van der Waals surface area contributed by atoms with Gasteiger partial charge >= 0.3 is 0 Å². The highest BCUT2D eigenvalue weighted by Gasteiger charge is 2.51. The molecule has 12 atom stereocenters. The van der Waals surface area contributed by atoms with Crippen molar-refractivity contribution < 1.29 is 64.6 Å². The van der Waals surface area contributed by atoms with Gasteiger partial charge in [-0.05, 0) is 12.8 Å². The van der Waals surface area contributed by atoms with E-state index in [1.54, 1.807) is 0 Å². The molecule has 2 saturated heterocycles. The number of ether oxygens (including phenoxy) is 4. The second-order valence-corrected chi connectivity index (χ2v) is 19.0. The number of rotatable bonds is 41. The molecule has 14 nitrogen and oxygen atoms in total. The van der Waals surface area contributed by atoms with Gasteiger partial charge in [-0.25, -0.2) is 0 Å². The third kappa shape index (κ3) is 24.8. The van der Waals surface area contributed by atoms with Crippen LogP contribution in [-0.2, 0) is 23.7 Å². The summed E-state index contributed by atoms with van der Waals surface area (Å²) in [6.45, 7) is 2.73. The number of hydrogen-bond acceptors (Lipinski definition) is 13. The molecule has 12 unspecified atom stereocenters. The van der Waals surface area contributed by atoms with Gasteiger partial charge in [0.25, 0.3) is 0 Å². The van der Waals surface area contributed by atoms with Gasteiger partial charge in [-0.15, -0.1) is 0 Å². The molecule has 0 radical (unpaired) electrons. The standard InChI is InChI=1S/C50H97NO13/c1-3-5-7-9-10-11-12-13-14-15-16-17-18-19-20-21-22-23-24-25-26-27-28-29-30-31-33-39(54)38(51-42(55)34-32-8-6-4-2)37-61-49-47(60)45(58)48(41(36-53)63-49)64-50-46(59)44(57)43(56)40(35-52)62-50/h38-41,43-50,52-54,56-60H,3-37H2,1-2H3,(H,51,55). The third-order valence-corrected chi connectivity index (χ3v) is 13.3. The van der Waals surface area contributed by atoms with Crippen molar-refractivity contribution in [1.82, 2.24) is 5.32 Å². The highest BCUT2D eigenvalue weighted by molar-refractivity contribution is 5.76. The van der Waals surface area contributed by atoms with Crippen LogP contribution >= 0.6 is 0 Å². The highest BCUT2D eigenvalue weighted by atomic mass is 16.7. The number of nitrogens with one attached hydrogen (secondary N) is 1. The zero-order valence-corrected chi connectivity index (χ0v) is 40.3. The Morgan fingerprint density at radius 2 is 0.891 bits per heavy atom. The largest absolute Gasteiger partial charge is 0.394 e. The fraction of sp³-hybridized carbons (Fsp3) is 0.980. The van der Waals surface area contributed by atoms with Crippen LogP contribution in [0.2, 0.25) is 0 Å². The molecule has 9 N–H and O–H groups in total. The van der Waals surface area contributed by atoms with E-state index in [0.717, 1.165) is 44.9 Å². The Balaban J connectivity index is 1.62. The fourth-order valence-corrected chi connectivity index (χ4v) is 9.00. The maximum atomic E-state index is 12.9. The number of hydrogen-bond donors (Lipinski definition) is 9. The molecule has 1 amide bonds. The lowest BCUT2D eigenvalue weighted by Gasteiger charge is -2.46. The molecule has 64 heavy (non-hydrogen) atoms. The lowest BCUT2D eigenvalue weighted by Crippen LogP contribution is -2.65. The molecule has 380 valence electrons. The van der Waals surface area contributed by atoms with Gasteiger partial charge in [-0.2, -0.15) is 0 Å². The summed E-state index contributed by atoms with van der Waals surface area (Å²) in [6.07, 6.45) is 22.1. The van der Waals surface area contributed by atoms with Crippen LogP contribution in [-0.4, -0.2) is 140 Å². The zero-order chi connectivity index (χ0) is 46.8. The summed E-state index contributed by atoms with van der Waals surface area (Å²) < 4.78 is 22.6. The first-order valence-corrected chi connectivity index (χ1v) is 26.3. The van der Waals surface area contributed by atoms with Gasteiger partial charge in [0.15, 0.2) is 12.6 Å². The van der Waals surface area contributed by atoms with Crippen molar-refractivity contribution >= 4 is 5.91 Å². The predicted octanol–water partition coefficient (Wildman–Crippen LogP) is 7.00. The Hall–Kier alpha value is -1.01. The smallest absolute Gasteiger partial charge is 0.220 e. The number of carbonyl (C=O) groups excluding carboxylic acids is 1. The molecule has 0 spiro atoms. The number of carbonyl (C=O) groups is 1. The maximum Gasteiger partial charge on any atom is 0.220 e. The lowest BCUT2D eigenvalue weighted by molar-refractivity contribution is -0.359. The van der Waals surface area contributed by atoms with Crippen LogP contribution in [0.15, 0.2) is 0 Å². The summed E-state index contributed by atoms with van der Waals surface area (Å²) in [7, 11) is 0. The first-order chi connectivity index (χ1) is 31.1. The Kier molecular flexibility index (Phi) is 35.0. The summed E-state index contributed by atoms with van der Waals surface area (Å²) >= 11 is 0. The summed E-state index contributed by atoms with van der Waals surface area (Å²) in [6, 6.07) is -0.818. The van der Waals surface area contributed by atoms with Crippen molar-refractivity contribution in [3.8, 4) is 0 Å². The van der Waals surface area contributed by atoms with E-state index in [9.17, 15) is 45.6 Å². The van der Waals surface area contributed by atoms with Crippen molar-refractivity contribution in [1.29, 1.82) is 0 Å². The molecule has 2 aliphatic rings. The number of aliphatic hydroxyl groups excluding tert-OH is 8. The van der Waals surface area contributed by atoms with Gasteiger partial charge in [0, 0.05) is 6.42 Å². The van der Waals surface area contributed by atoms with Crippen molar-refractivity contribution in [2.75, 3.05) is 19.8 Å². The minimum absolute atomic E-state index is 0.222. The van der Waals surface area contributed by atoms with Gasteiger partial charge in [0.1, 0.15) is 48.8 Å². The molecular formula is C50H97NO13. The Bertz CT molecular complexity index is 1090. The van der Waals surface area contributed by atoms with E-state index in [1.165, 1.54) is 141 Å². The predicted molar refractivity (Wildman–Crippen MR) is 249 cm³/mol. The summed E-state index contributed by atoms with van der Waals surface area (Å²) in [5.74, 6) is -0.222. The minimum atomic E-state index is -1.78. The molecule has 2 rings (SSSR count). The average Bonchev–Trinajstić information content (AvgIpc) is 3.29. The molecule has 0 bridgehead atoms. The number of aliphatic hydroxyl groups is 8. The van der Waals surface area contributed by atoms with Crippen molar-refractivity contribution in [3.05, 3.63) is 0 Å². The average molecular weight is 920 g/mol. The molecule has 0 aromatic rings. The molecule has 0 saturated carbocycles. The van der Waals surface area contributed by atoms with Gasteiger partial charge < -0.3 is 65.1 Å². The van der Waals surface area contributed by atoms with Crippen LogP contribution in [0.5, 0.6) is 0 Å². The van der Waals surface area contributed by atoms with Crippen LogP contribution in [0.25, 0.3) is 0 Å². The van der Waals surface area contributed by atoms with Crippen LogP contribution < -0.4 is 5.32 Å². The first kappa shape index (κ1) is 59.1. The molecule has 2 fully saturated rings. The molecule has 0 aromatic carbocycles. The monoisotopic (exact) mass is 920 g/mol. The van der Waals surface area contributed by atoms with E-state index in [4.69, 9.17) is 18.9 Å². The van der Waals surface area contributed by atoms with E-state index in [2.05, 4.69) is 19.2 Å². The quantitative estimate of drug-likeness (QED) is 0.0282. The fourth-order valence-electron chi connectivity index (χ4n) is 9.00. The van der Waals surface area contributed by atoms with E-state index >= 15 is 0 Å². The van der Waals surface area contributed by atoms with Crippen LogP contribution in [0, 0.1) is 0 Å². The van der Waals surface area contributed by atoms with Crippen LogP contribution in [0.3, 0.4) is 0 Å². The van der Waals surface area contributed by atoms with Crippen molar-refractivity contribution in [2.45, 2.75) is 293 Å². The van der Waals surface area contributed by atoms with Crippen molar-refractivity contribution in [2.24, 2.45) is 0 Å². The molecule has 2 aliphatic heterocycles. The maximum absolute atomic E-state index is 12.9. The molecule has 0 aromatic heterocycles. The summed E-state index contributed by atoms with van der Waals surface area (Å²) in [5.41, 5.74) is 0. The Labute approximate surface area is 387 Å². The van der Waals surface area contributed by atoms with Crippen molar-refractivity contribution in [3.63, 3.8) is 0 Å². The molecule has 0 aliphatic carbocycles. The second-order valence-electron chi connectivity index (χ2n) is 19.0. The zero-order valence-electron chi connectivity index (χ0n) is 40.3. The van der Waals surface area contributed by atoms with Crippen LogP contribution in [0.1, 0.15) is 219 Å². The molecular weight excluding hydrogens is 823 g/mol. The van der Waals surface area contributed by atoms with E-state index in [1.807, 2.05) is 0 Å². The lowest BCUT2D eigenvalue weighted by atomic mass is 9.97. The Morgan fingerprint density at radius 1 is 0.500 bits per heavy atom. The molecule has 14 heteroatoms. The topological polar surface area (TPSA) is 228 Å². The van der Waals surface area contributed by atoms with Crippen LogP contribution in [0.4, 0.5) is 0 Å². The SMILES string of the molecule is CCCCCCCCCCCCCCCCCCCCCCCCCCCCC(O)C(COC1OC(CO)C(OC2OC(CO)C(O)C(O)C2O)C(O)C1O)NC(=O)CCCCCC. The summed E-state index contributed by atoms with van der Waals surface area (Å²) in [5, 5.41) is 86.4. The number of amides is 1. The second kappa shape index (κ2) is 37.9. The Morgan fingerprint density at radius 3 is 1.33 bits per heavy atom. The molecule has 2 heterocycles. The van der Waals surface area contributed by atoms with Gasteiger partial charge in [0.05, 0.1) is 32.0 Å². The van der Waals surface area contributed by atoms with E-state index in [0.29, 0.717) is 19.3 Å². The minimum Gasteiger partial charge on any atom is -0.394 e. The van der Waals surface area contributed by atoms with Gasteiger partial charge in [0.2, 0.25) is 5.91 Å². The number of unbranched alkanes of at least 4 members (excludes halogenated alkanes) is 28. The van der Waals surface area contributed by atoms with E-state index in [-0.39, 0.29) is 12.5 Å². The van der Waals surface area contributed by atoms with Gasteiger partial charge in [-0.3, -0.25) is 4.79 Å². The highest BCUT2D eigenvalue weighted by Crippen LogP contribution is 2.30. The normalized spacial score (nSPS) is 27.2.